The van der Waals surface area contributed by atoms with E-state index in [1.165, 1.54) is 66.4 Å². The molecule has 1 aliphatic carbocycles. The van der Waals surface area contributed by atoms with Crippen molar-refractivity contribution in [1.29, 1.82) is 0 Å². The van der Waals surface area contributed by atoms with E-state index in [0.717, 1.165) is 17.1 Å². The Labute approximate surface area is 294 Å². The minimum atomic E-state index is -0.100. The van der Waals surface area contributed by atoms with Crippen LogP contribution >= 0.6 is 0 Å². The summed E-state index contributed by atoms with van der Waals surface area (Å²) in [7, 11) is 0. The first kappa shape index (κ1) is 29.9. The van der Waals surface area contributed by atoms with Crippen molar-refractivity contribution in [1.82, 2.24) is 0 Å². The van der Waals surface area contributed by atoms with E-state index in [9.17, 15) is 0 Å². The van der Waals surface area contributed by atoms with E-state index >= 15 is 0 Å². The number of fused-ring (bicyclic) bond motifs is 4. The molecule has 0 bridgehead atoms. The molecule has 0 radical (unpaired) electrons. The lowest BCUT2D eigenvalue weighted by atomic mass is 9.82. The zero-order chi connectivity index (χ0) is 33.7. The fraction of sp³-hybridized carbons (Fsp3) is 0.0612. The van der Waals surface area contributed by atoms with E-state index in [0.29, 0.717) is 0 Å². The zero-order valence-corrected chi connectivity index (χ0v) is 28.3. The van der Waals surface area contributed by atoms with E-state index in [1.807, 2.05) is 0 Å². The van der Waals surface area contributed by atoms with Crippen molar-refractivity contribution in [3.05, 3.63) is 199 Å². The van der Waals surface area contributed by atoms with Gasteiger partial charge in [0, 0.05) is 22.5 Å². The molecule has 8 aromatic carbocycles. The molecule has 9 rings (SSSR count). The van der Waals surface area contributed by atoms with Crippen molar-refractivity contribution in [2.24, 2.45) is 0 Å². The molecule has 0 heterocycles. The summed E-state index contributed by atoms with van der Waals surface area (Å²) in [6.45, 7) is 4.71. The van der Waals surface area contributed by atoms with Crippen molar-refractivity contribution in [2.45, 2.75) is 19.3 Å². The van der Waals surface area contributed by atoms with Gasteiger partial charge in [-0.25, -0.2) is 0 Å². The third-order valence-corrected chi connectivity index (χ3v) is 10.4. The van der Waals surface area contributed by atoms with Crippen LogP contribution in [0.1, 0.15) is 25.0 Å². The lowest BCUT2D eigenvalue weighted by Gasteiger charge is -2.29. The molecule has 0 saturated heterocycles. The van der Waals surface area contributed by atoms with E-state index in [4.69, 9.17) is 0 Å². The molecule has 0 aliphatic heterocycles. The minimum Gasteiger partial charge on any atom is -0.310 e. The second kappa shape index (κ2) is 12.1. The standard InChI is InChI=1S/C49H37N/c1-49(2)47-25-11-10-24-45(47)46-29-28-42(33-48(46)49)50(40-20-12-18-37(31-40)38-27-26-34-14-6-7-17-36(34)30-38)41-21-13-19-39(32-41)44-23-9-8-22-43(44)35-15-4-3-5-16-35/h3-33H,1-2H3. The molecular formula is C49H37N. The van der Waals surface area contributed by atoms with Gasteiger partial charge in [0.25, 0.3) is 0 Å². The van der Waals surface area contributed by atoms with Gasteiger partial charge in [-0.05, 0) is 109 Å². The number of benzene rings is 8. The molecule has 8 aromatic rings. The quantitative estimate of drug-likeness (QED) is 0.175. The largest absolute Gasteiger partial charge is 0.310 e. The average Bonchev–Trinajstić information content (AvgIpc) is 3.41. The van der Waals surface area contributed by atoms with Crippen LogP contribution in [0.2, 0.25) is 0 Å². The summed E-state index contributed by atoms with van der Waals surface area (Å²) in [4.78, 5) is 2.43. The van der Waals surface area contributed by atoms with Gasteiger partial charge >= 0.3 is 0 Å². The van der Waals surface area contributed by atoms with Crippen molar-refractivity contribution < 1.29 is 0 Å². The van der Waals surface area contributed by atoms with Gasteiger partial charge in [0.1, 0.15) is 0 Å². The Morgan fingerprint density at radius 2 is 0.860 bits per heavy atom. The molecule has 0 spiro atoms. The summed E-state index contributed by atoms with van der Waals surface area (Å²) >= 11 is 0. The molecule has 1 aliphatic rings. The van der Waals surface area contributed by atoms with Crippen molar-refractivity contribution in [3.63, 3.8) is 0 Å². The number of anilines is 3. The first-order chi connectivity index (χ1) is 24.5. The number of rotatable bonds is 6. The summed E-state index contributed by atoms with van der Waals surface area (Å²) in [5.74, 6) is 0. The Morgan fingerprint density at radius 1 is 0.320 bits per heavy atom. The molecule has 0 aromatic heterocycles. The molecule has 0 amide bonds. The summed E-state index contributed by atoms with van der Waals surface area (Å²) in [5, 5.41) is 2.50. The maximum atomic E-state index is 2.43. The summed E-state index contributed by atoms with van der Waals surface area (Å²) in [6, 6.07) is 68.7. The van der Waals surface area contributed by atoms with E-state index in [-0.39, 0.29) is 5.41 Å². The number of nitrogens with zero attached hydrogens (tertiary/aromatic N) is 1. The maximum absolute atomic E-state index is 2.43. The van der Waals surface area contributed by atoms with Gasteiger partial charge in [-0.1, -0.05) is 159 Å². The Bertz CT molecular complexity index is 2520. The van der Waals surface area contributed by atoms with Crippen LogP contribution in [0.5, 0.6) is 0 Å². The van der Waals surface area contributed by atoms with Crippen LogP contribution in [-0.4, -0.2) is 0 Å². The highest BCUT2D eigenvalue weighted by atomic mass is 15.1. The Hall–Kier alpha value is -6.18. The molecular weight excluding hydrogens is 603 g/mol. The van der Waals surface area contributed by atoms with Gasteiger partial charge in [0.05, 0.1) is 0 Å². The topological polar surface area (TPSA) is 3.24 Å². The van der Waals surface area contributed by atoms with Crippen molar-refractivity contribution >= 4 is 27.8 Å². The zero-order valence-electron chi connectivity index (χ0n) is 28.3. The maximum Gasteiger partial charge on any atom is 0.0467 e. The molecule has 1 nitrogen and oxygen atoms in total. The van der Waals surface area contributed by atoms with E-state index in [2.05, 4.69) is 207 Å². The first-order valence-corrected chi connectivity index (χ1v) is 17.4. The number of hydrogen-bond donors (Lipinski definition) is 0. The Kier molecular flexibility index (Phi) is 7.21. The smallest absolute Gasteiger partial charge is 0.0467 e. The second-order valence-electron chi connectivity index (χ2n) is 13.8. The van der Waals surface area contributed by atoms with Crippen molar-refractivity contribution in [2.75, 3.05) is 4.90 Å². The lowest BCUT2D eigenvalue weighted by molar-refractivity contribution is 0.660. The van der Waals surface area contributed by atoms with E-state index in [1.54, 1.807) is 0 Å². The molecule has 0 unspecified atom stereocenters. The summed E-state index contributed by atoms with van der Waals surface area (Å²) in [5.41, 5.74) is 15.9. The van der Waals surface area contributed by atoms with Crippen molar-refractivity contribution in [3.8, 4) is 44.5 Å². The van der Waals surface area contributed by atoms with Crippen LogP contribution in [-0.2, 0) is 5.41 Å². The highest BCUT2D eigenvalue weighted by molar-refractivity contribution is 5.91. The van der Waals surface area contributed by atoms with Crippen LogP contribution in [0, 0.1) is 0 Å². The van der Waals surface area contributed by atoms with Crippen LogP contribution in [0.25, 0.3) is 55.3 Å². The predicted molar refractivity (Wildman–Crippen MR) is 213 cm³/mol. The van der Waals surface area contributed by atoms with Gasteiger partial charge in [-0.3, -0.25) is 0 Å². The molecule has 0 atom stereocenters. The van der Waals surface area contributed by atoms with Gasteiger partial charge in [-0.2, -0.15) is 0 Å². The number of hydrogen-bond acceptors (Lipinski definition) is 1. The molecule has 238 valence electrons. The SMILES string of the molecule is CC1(C)c2ccccc2-c2ccc(N(c3cccc(-c4ccc5ccccc5c4)c3)c3cccc(-c4ccccc4-c4ccccc4)c3)cc21. The third kappa shape index (κ3) is 5.11. The monoisotopic (exact) mass is 639 g/mol. The Balaban J connectivity index is 1.22. The Morgan fingerprint density at radius 3 is 1.64 bits per heavy atom. The first-order valence-electron chi connectivity index (χ1n) is 17.4. The highest BCUT2D eigenvalue weighted by Crippen LogP contribution is 2.51. The average molecular weight is 640 g/mol. The molecule has 50 heavy (non-hydrogen) atoms. The fourth-order valence-electron chi connectivity index (χ4n) is 7.89. The van der Waals surface area contributed by atoms with E-state index < -0.39 is 0 Å². The predicted octanol–water partition coefficient (Wildman–Crippen LogP) is 13.6. The minimum absolute atomic E-state index is 0.100. The van der Waals surface area contributed by atoms with Gasteiger partial charge in [0.2, 0.25) is 0 Å². The summed E-state index contributed by atoms with van der Waals surface area (Å²) in [6.07, 6.45) is 0. The molecule has 0 fully saturated rings. The van der Waals surface area contributed by atoms with Gasteiger partial charge in [0.15, 0.2) is 0 Å². The normalized spacial score (nSPS) is 12.8. The second-order valence-corrected chi connectivity index (χ2v) is 13.8. The third-order valence-electron chi connectivity index (χ3n) is 10.4. The van der Waals surface area contributed by atoms with Crippen LogP contribution in [0.15, 0.2) is 188 Å². The van der Waals surface area contributed by atoms with Crippen LogP contribution in [0.4, 0.5) is 17.1 Å². The van der Waals surface area contributed by atoms with Gasteiger partial charge < -0.3 is 4.90 Å². The fourth-order valence-corrected chi connectivity index (χ4v) is 7.89. The lowest BCUT2D eigenvalue weighted by Crippen LogP contribution is -2.16. The molecule has 0 saturated carbocycles. The van der Waals surface area contributed by atoms with Crippen LogP contribution in [0.3, 0.4) is 0 Å². The molecule has 1 heteroatoms. The van der Waals surface area contributed by atoms with Gasteiger partial charge in [-0.15, -0.1) is 0 Å². The highest BCUT2D eigenvalue weighted by Gasteiger charge is 2.35. The summed E-state index contributed by atoms with van der Waals surface area (Å²) < 4.78 is 0. The molecule has 0 N–H and O–H groups in total. The van der Waals surface area contributed by atoms with Crippen LogP contribution < -0.4 is 4.90 Å².